The van der Waals surface area contributed by atoms with E-state index in [1.807, 2.05) is 60.7 Å². The molecule has 1 fully saturated rings. The Bertz CT molecular complexity index is 658. The average Bonchev–Trinajstić information content (AvgIpc) is 3.00. The highest BCUT2D eigenvalue weighted by atomic mass is 16.2. The van der Waals surface area contributed by atoms with Crippen LogP contribution < -0.4 is 15.8 Å². The number of hydrogen-bond acceptors (Lipinski definition) is 3. The van der Waals surface area contributed by atoms with E-state index in [1.165, 1.54) is 5.01 Å². The summed E-state index contributed by atoms with van der Waals surface area (Å²) in [5, 5.41) is 4.21. The first-order chi connectivity index (χ1) is 10.7. The normalized spacial score (nSPS) is 16.9. The second-order valence-corrected chi connectivity index (χ2v) is 5.15. The van der Waals surface area contributed by atoms with Gasteiger partial charge in [0.25, 0.3) is 5.91 Å². The minimum absolute atomic E-state index is 0.0777. The number of nitrogens with one attached hydrogen (secondary N) is 2. The van der Waals surface area contributed by atoms with Gasteiger partial charge in [-0.25, -0.2) is 5.01 Å². The van der Waals surface area contributed by atoms with Gasteiger partial charge in [0.05, 0.1) is 11.4 Å². The molecule has 5 heteroatoms. The van der Waals surface area contributed by atoms with Crippen molar-refractivity contribution in [3.05, 3.63) is 60.7 Å². The van der Waals surface area contributed by atoms with Crippen LogP contribution in [0, 0.1) is 0 Å². The largest absolute Gasteiger partial charge is 0.344 e. The minimum Gasteiger partial charge on any atom is -0.344 e. The highest BCUT2D eigenvalue weighted by Crippen LogP contribution is 2.19. The smallest absolute Gasteiger partial charge is 0.268 e. The number of para-hydroxylation sites is 2. The van der Waals surface area contributed by atoms with Crippen molar-refractivity contribution >= 4 is 23.2 Å². The molecule has 112 valence electrons. The first kappa shape index (κ1) is 14.1. The van der Waals surface area contributed by atoms with E-state index in [4.69, 9.17) is 0 Å². The Hall–Kier alpha value is -2.82. The van der Waals surface area contributed by atoms with Crippen molar-refractivity contribution in [3.8, 4) is 0 Å². The van der Waals surface area contributed by atoms with Gasteiger partial charge in [-0.15, -0.1) is 0 Å². The number of anilines is 2. The lowest BCUT2D eigenvalue weighted by molar-refractivity contribution is -0.123. The van der Waals surface area contributed by atoms with Gasteiger partial charge in [0.1, 0.15) is 6.04 Å². The molecule has 2 aromatic carbocycles. The van der Waals surface area contributed by atoms with E-state index in [-0.39, 0.29) is 11.8 Å². The van der Waals surface area contributed by atoms with Crippen molar-refractivity contribution in [2.75, 3.05) is 10.4 Å². The van der Waals surface area contributed by atoms with Crippen LogP contribution in [-0.4, -0.2) is 17.9 Å². The lowest BCUT2D eigenvalue weighted by Crippen LogP contribution is -2.47. The molecule has 0 spiro atoms. The summed E-state index contributed by atoms with van der Waals surface area (Å²) >= 11 is 0. The quantitative estimate of drug-likeness (QED) is 0.851. The molecule has 0 radical (unpaired) electrons. The highest BCUT2D eigenvalue weighted by molar-refractivity contribution is 6.02. The number of hydrogen-bond donors (Lipinski definition) is 2. The fourth-order valence-electron chi connectivity index (χ4n) is 2.42. The second kappa shape index (κ2) is 6.30. The fourth-order valence-corrected chi connectivity index (χ4v) is 2.42. The lowest BCUT2D eigenvalue weighted by atomic mass is 10.2. The Balaban J connectivity index is 1.86. The van der Waals surface area contributed by atoms with E-state index in [9.17, 15) is 9.59 Å². The van der Waals surface area contributed by atoms with E-state index in [0.29, 0.717) is 12.8 Å². The van der Waals surface area contributed by atoms with Gasteiger partial charge in [-0.2, -0.15) is 0 Å². The molecule has 2 amide bonds. The zero-order valence-corrected chi connectivity index (χ0v) is 12.0. The van der Waals surface area contributed by atoms with Crippen molar-refractivity contribution in [1.82, 2.24) is 5.32 Å². The molecule has 0 saturated carbocycles. The van der Waals surface area contributed by atoms with Crippen molar-refractivity contribution in [3.63, 3.8) is 0 Å². The van der Waals surface area contributed by atoms with Gasteiger partial charge < -0.3 is 5.32 Å². The molecule has 1 atom stereocenters. The summed E-state index contributed by atoms with van der Waals surface area (Å²) in [5.74, 6) is -0.244. The number of amides is 2. The molecule has 1 heterocycles. The number of rotatable bonds is 4. The van der Waals surface area contributed by atoms with E-state index < -0.39 is 6.04 Å². The summed E-state index contributed by atoms with van der Waals surface area (Å²) in [6.45, 7) is 0. The SMILES string of the molecule is O=C1CCC(C(=O)N(Nc2ccccc2)c2ccccc2)N1. The van der Waals surface area contributed by atoms with Gasteiger partial charge in [0.2, 0.25) is 5.91 Å². The third-order valence-electron chi connectivity index (χ3n) is 3.54. The van der Waals surface area contributed by atoms with Gasteiger partial charge in [0.15, 0.2) is 0 Å². The average molecular weight is 295 g/mol. The number of carbonyl (C=O) groups excluding carboxylic acids is 2. The minimum atomic E-state index is -0.482. The Morgan fingerprint density at radius 3 is 2.27 bits per heavy atom. The monoisotopic (exact) mass is 295 g/mol. The van der Waals surface area contributed by atoms with Crippen LogP contribution in [0.3, 0.4) is 0 Å². The summed E-state index contributed by atoms with van der Waals surface area (Å²) in [5.41, 5.74) is 4.66. The fraction of sp³-hybridized carbons (Fsp3) is 0.176. The van der Waals surface area contributed by atoms with Crippen LogP contribution in [0.4, 0.5) is 11.4 Å². The Kier molecular flexibility index (Phi) is 4.05. The first-order valence-electron chi connectivity index (χ1n) is 7.24. The van der Waals surface area contributed by atoms with Gasteiger partial charge in [-0.05, 0) is 30.7 Å². The maximum atomic E-state index is 12.7. The van der Waals surface area contributed by atoms with Crippen LogP contribution in [0.1, 0.15) is 12.8 Å². The third kappa shape index (κ3) is 3.09. The molecule has 1 aliphatic heterocycles. The number of hydrazine groups is 1. The van der Waals surface area contributed by atoms with Crippen LogP contribution in [0.15, 0.2) is 60.7 Å². The molecule has 1 saturated heterocycles. The summed E-state index contributed by atoms with van der Waals surface area (Å²) in [4.78, 5) is 24.1. The first-order valence-corrected chi connectivity index (χ1v) is 7.24. The summed E-state index contributed by atoms with van der Waals surface area (Å²) in [6.07, 6.45) is 0.918. The third-order valence-corrected chi connectivity index (χ3v) is 3.54. The topological polar surface area (TPSA) is 61.4 Å². The molecule has 0 bridgehead atoms. The maximum Gasteiger partial charge on any atom is 0.268 e. The second-order valence-electron chi connectivity index (χ2n) is 5.15. The zero-order chi connectivity index (χ0) is 15.4. The van der Waals surface area contributed by atoms with Crippen molar-refractivity contribution in [2.45, 2.75) is 18.9 Å². The summed E-state index contributed by atoms with van der Waals surface area (Å²) in [6, 6.07) is 18.3. The van der Waals surface area contributed by atoms with Crippen LogP contribution >= 0.6 is 0 Å². The Labute approximate surface area is 128 Å². The molecule has 3 rings (SSSR count). The molecule has 22 heavy (non-hydrogen) atoms. The number of benzene rings is 2. The Morgan fingerprint density at radius 1 is 1.05 bits per heavy atom. The van der Waals surface area contributed by atoms with Crippen molar-refractivity contribution in [2.24, 2.45) is 0 Å². The van der Waals surface area contributed by atoms with E-state index in [1.54, 1.807) is 0 Å². The maximum absolute atomic E-state index is 12.7. The van der Waals surface area contributed by atoms with Gasteiger partial charge in [-0.3, -0.25) is 15.0 Å². The molecule has 0 aromatic heterocycles. The molecular weight excluding hydrogens is 278 g/mol. The molecule has 0 aliphatic carbocycles. The Morgan fingerprint density at radius 2 is 1.68 bits per heavy atom. The van der Waals surface area contributed by atoms with Gasteiger partial charge in [0, 0.05) is 6.42 Å². The standard InChI is InChI=1S/C17H17N3O2/c21-16-12-11-15(18-16)17(22)20(14-9-5-2-6-10-14)19-13-7-3-1-4-8-13/h1-10,15,19H,11-12H2,(H,18,21). The summed E-state index contributed by atoms with van der Waals surface area (Å²) < 4.78 is 0. The van der Waals surface area contributed by atoms with E-state index >= 15 is 0 Å². The molecule has 2 aromatic rings. The van der Waals surface area contributed by atoms with Crippen LogP contribution in [0.25, 0.3) is 0 Å². The zero-order valence-electron chi connectivity index (χ0n) is 12.0. The summed E-state index contributed by atoms with van der Waals surface area (Å²) in [7, 11) is 0. The molecule has 5 nitrogen and oxygen atoms in total. The number of carbonyl (C=O) groups is 2. The van der Waals surface area contributed by atoms with Crippen LogP contribution in [-0.2, 0) is 9.59 Å². The molecular formula is C17H17N3O2. The van der Waals surface area contributed by atoms with Crippen molar-refractivity contribution in [1.29, 1.82) is 0 Å². The van der Waals surface area contributed by atoms with E-state index in [0.717, 1.165) is 11.4 Å². The van der Waals surface area contributed by atoms with E-state index in [2.05, 4.69) is 10.7 Å². The predicted octanol–water partition coefficient (Wildman–Crippen LogP) is 2.33. The lowest BCUT2D eigenvalue weighted by Gasteiger charge is -2.27. The van der Waals surface area contributed by atoms with Gasteiger partial charge in [-0.1, -0.05) is 36.4 Å². The molecule has 2 N–H and O–H groups in total. The highest BCUT2D eigenvalue weighted by Gasteiger charge is 2.31. The predicted molar refractivity (Wildman–Crippen MR) is 85.2 cm³/mol. The van der Waals surface area contributed by atoms with Crippen LogP contribution in [0.2, 0.25) is 0 Å². The van der Waals surface area contributed by atoms with Crippen LogP contribution in [0.5, 0.6) is 0 Å². The van der Waals surface area contributed by atoms with Gasteiger partial charge >= 0.3 is 0 Å². The number of nitrogens with zero attached hydrogens (tertiary/aromatic N) is 1. The molecule has 1 unspecified atom stereocenters. The van der Waals surface area contributed by atoms with Crippen molar-refractivity contribution < 1.29 is 9.59 Å². The molecule has 1 aliphatic rings.